The molecule has 0 saturated carbocycles. The Balaban J connectivity index is 1.51. The van der Waals surface area contributed by atoms with Gasteiger partial charge in [0, 0.05) is 25.1 Å². The molecular weight excluding hydrogens is 370 g/mol. The molecule has 0 aliphatic rings. The van der Waals surface area contributed by atoms with Gasteiger partial charge in [-0.25, -0.2) is 13.4 Å². The van der Waals surface area contributed by atoms with Gasteiger partial charge in [0.2, 0.25) is 15.9 Å². The number of amides is 1. The highest BCUT2D eigenvalue weighted by atomic mass is 32.2. The standard InChI is InChI=1S/C18H19N3O3S2/c1-26(23,24)21-14-6-4-5-13(11-14)12-19-17(22)9-10-18-20-15-7-2-3-8-16(15)25-18/h2-8,11,21H,9-10,12H2,1H3,(H,19,22). The van der Waals surface area contributed by atoms with E-state index in [9.17, 15) is 13.2 Å². The van der Waals surface area contributed by atoms with Crippen LogP contribution in [0.1, 0.15) is 17.0 Å². The van der Waals surface area contributed by atoms with Crippen LogP contribution < -0.4 is 10.0 Å². The first-order valence-corrected chi connectivity index (χ1v) is 10.8. The number of nitrogens with zero attached hydrogens (tertiary/aromatic N) is 1. The summed E-state index contributed by atoms with van der Waals surface area (Å²) in [7, 11) is -3.32. The Bertz CT molecular complexity index is 996. The van der Waals surface area contributed by atoms with Crippen LogP contribution >= 0.6 is 11.3 Å². The van der Waals surface area contributed by atoms with Gasteiger partial charge in [-0.05, 0) is 29.8 Å². The highest BCUT2D eigenvalue weighted by Gasteiger charge is 2.08. The van der Waals surface area contributed by atoms with Crippen LogP contribution in [0, 0.1) is 0 Å². The van der Waals surface area contributed by atoms with Gasteiger partial charge in [0.1, 0.15) is 0 Å². The van der Waals surface area contributed by atoms with Gasteiger partial charge in [0.05, 0.1) is 21.5 Å². The summed E-state index contributed by atoms with van der Waals surface area (Å²) in [5.74, 6) is -0.0641. The van der Waals surface area contributed by atoms with Gasteiger partial charge >= 0.3 is 0 Å². The van der Waals surface area contributed by atoms with Crippen molar-refractivity contribution in [2.24, 2.45) is 0 Å². The summed E-state index contributed by atoms with van der Waals surface area (Å²) in [6, 6.07) is 14.9. The lowest BCUT2D eigenvalue weighted by Gasteiger charge is -2.08. The second-order valence-corrected chi connectivity index (χ2v) is 8.79. The number of benzene rings is 2. The molecule has 0 radical (unpaired) electrons. The summed E-state index contributed by atoms with van der Waals surface area (Å²) in [5, 5.41) is 3.80. The molecule has 3 rings (SSSR count). The predicted octanol–water partition coefficient (Wildman–Crippen LogP) is 2.92. The van der Waals surface area contributed by atoms with E-state index in [0.717, 1.165) is 27.0 Å². The molecule has 0 fully saturated rings. The molecule has 0 aliphatic carbocycles. The maximum atomic E-state index is 12.1. The van der Waals surface area contributed by atoms with Crippen molar-refractivity contribution < 1.29 is 13.2 Å². The van der Waals surface area contributed by atoms with Crippen LogP contribution in [0.2, 0.25) is 0 Å². The number of anilines is 1. The summed E-state index contributed by atoms with van der Waals surface area (Å²) in [5.41, 5.74) is 2.27. The van der Waals surface area contributed by atoms with Gasteiger partial charge in [-0.3, -0.25) is 9.52 Å². The molecule has 1 amide bonds. The minimum Gasteiger partial charge on any atom is -0.352 e. The van der Waals surface area contributed by atoms with E-state index in [-0.39, 0.29) is 5.91 Å². The Kier molecular flexibility index (Phi) is 5.53. The number of sulfonamides is 1. The second kappa shape index (κ2) is 7.84. The Morgan fingerprint density at radius 3 is 2.73 bits per heavy atom. The van der Waals surface area contributed by atoms with Gasteiger partial charge in [0.15, 0.2) is 0 Å². The number of thiazole rings is 1. The van der Waals surface area contributed by atoms with Crippen LogP contribution in [-0.4, -0.2) is 25.6 Å². The molecule has 1 heterocycles. The fourth-order valence-electron chi connectivity index (χ4n) is 2.50. The summed E-state index contributed by atoms with van der Waals surface area (Å²) >= 11 is 1.60. The van der Waals surface area contributed by atoms with Crippen molar-refractivity contribution in [2.75, 3.05) is 11.0 Å². The first kappa shape index (κ1) is 18.3. The Hall–Kier alpha value is -2.45. The van der Waals surface area contributed by atoms with Crippen LogP contribution in [0.3, 0.4) is 0 Å². The summed E-state index contributed by atoms with van der Waals surface area (Å²) in [4.78, 5) is 16.6. The van der Waals surface area contributed by atoms with Crippen molar-refractivity contribution in [3.8, 4) is 0 Å². The van der Waals surface area contributed by atoms with Gasteiger partial charge in [-0.1, -0.05) is 24.3 Å². The molecule has 0 spiro atoms. The maximum absolute atomic E-state index is 12.1. The lowest BCUT2D eigenvalue weighted by molar-refractivity contribution is -0.121. The van der Waals surface area contributed by atoms with E-state index >= 15 is 0 Å². The number of carbonyl (C=O) groups is 1. The molecule has 3 aromatic rings. The Morgan fingerprint density at radius 2 is 1.96 bits per heavy atom. The smallest absolute Gasteiger partial charge is 0.229 e. The zero-order valence-electron chi connectivity index (χ0n) is 14.2. The highest BCUT2D eigenvalue weighted by molar-refractivity contribution is 7.92. The first-order valence-electron chi connectivity index (χ1n) is 8.07. The largest absolute Gasteiger partial charge is 0.352 e. The van der Waals surface area contributed by atoms with Crippen LogP contribution in [0.25, 0.3) is 10.2 Å². The topological polar surface area (TPSA) is 88.2 Å². The predicted molar refractivity (Wildman–Crippen MR) is 105 cm³/mol. The number of rotatable bonds is 7. The van der Waals surface area contributed by atoms with Gasteiger partial charge in [-0.2, -0.15) is 0 Å². The van der Waals surface area contributed by atoms with Gasteiger partial charge in [0.25, 0.3) is 0 Å². The quantitative estimate of drug-likeness (QED) is 0.650. The number of hydrogen-bond donors (Lipinski definition) is 2. The average Bonchev–Trinajstić information content (AvgIpc) is 3.00. The molecule has 0 aliphatic heterocycles. The molecule has 0 bridgehead atoms. The van der Waals surface area contributed by atoms with Crippen LogP contribution in [0.5, 0.6) is 0 Å². The molecule has 0 atom stereocenters. The van der Waals surface area contributed by atoms with Crippen LogP contribution in [-0.2, 0) is 27.8 Å². The molecule has 2 N–H and O–H groups in total. The lowest BCUT2D eigenvalue weighted by Crippen LogP contribution is -2.23. The SMILES string of the molecule is CS(=O)(=O)Nc1cccc(CNC(=O)CCc2nc3ccccc3s2)c1. The fourth-order valence-corrected chi connectivity index (χ4v) is 4.02. The Morgan fingerprint density at radius 1 is 1.15 bits per heavy atom. The molecule has 0 saturated heterocycles. The van der Waals surface area contributed by atoms with Crippen molar-refractivity contribution in [3.63, 3.8) is 0 Å². The van der Waals surface area contributed by atoms with E-state index in [1.165, 1.54) is 0 Å². The van der Waals surface area contributed by atoms with Crippen molar-refractivity contribution >= 4 is 43.2 Å². The third kappa shape index (κ3) is 5.27. The molecular formula is C18H19N3O3S2. The third-order valence-electron chi connectivity index (χ3n) is 3.62. The number of aromatic nitrogens is 1. The van der Waals surface area contributed by atoms with Crippen molar-refractivity contribution in [1.29, 1.82) is 0 Å². The highest BCUT2D eigenvalue weighted by Crippen LogP contribution is 2.22. The molecule has 6 nitrogen and oxygen atoms in total. The van der Waals surface area contributed by atoms with Crippen LogP contribution in [0.4, 0.5) is 5.69 Å². The number of hydrogen-bond acceptors (Lipinski definition) is 5. The molecule has 0 unspecified atom stereocenters. The number of aryl methyl sites for hydroxylation is 1. The molecule has 8 heteroatoms. The number of para-hydroxylation sites is 1. The van der Waals surface area contributed by atoms with E-state index < -0.39 is 10.0 Å². The lowest BCUT2D eigenvalue weighted by atomic mass is 10.2. The molecule has 136 valence electrons. The minimum absolute atomic E-state index is 0.0641. The van der Waals surface area contributed by atoms with Crippen molar-refractivity contribution in [2.45, 2.75) is 19.4 Å². The maximum Gasteiger partial charge on any atom is 0.229 e. The minimum atomic E-state index is -3.32. The van der Waals surface area contributed by atoms with Crippen molar-refractivity contribution in [1.82, 2.24) is 10.3 Å². The van der Waals surface area contributed by atoms with E-state index in [0.29, 0.717) is 25.1 Å². The zero-order valence-corrected chi connectivity index (χ0v) is 15.9. The molecule has 1 aromatic heterocycles. The monoisotopic (exact) mass is 389 g/mol. The summed E-state index contributed by atoms with van der Waals surface area (Å²) in [6.07, 6.45) is 2.06. The summed E-state index contributed by atoms with van der Waals surface area (Å²) in [6.45, 7) is 0.345. The third-order valence-corrected chi connectivity index (χ3v) is 5.33. The molecule has 26 heavy (non-hydrogen) atoms. The Labute approximate surface area is 156 Å². The normalized spacial score (nSPS) is 11.4. The number of carbonyl (C=O) groups excluding carboxylic acids is 1. The van der Waals surface area contributed by atoms with E-state index in [2.05, 4.69) is 15.0 Å². The molecule has 2 aromatic carbocycles. The van der Waals surface area contributed by atoms with Gasteiger partial charge < -0.3 is 5.32 Å². The van der Waals surface area contributed by atoms with Gasteiger partial charge in [-0.15, -0.1) is 11.3 Å². The number of fused-ring (bicyclic) bond motifs is 1. The van der Waals surface area contributed by atoms with Crippen molar-refractivity contribution in [3.05, 3.63) is 59.1 Å². The zero-order chi connectivity index (χ0) is 18.6. The average molecular weight is 390 g/mol. The number of nitrogens with one attached hydrogen (secondary N) is 2. The summed E-state index contributed by atoms with van der Waals surface area (Å²) < 4.78 is 26.1. The van der Waals surface area contributed by atoms with Crippen LogP contribution in [0.15, 0.2) is 48.5 Å². The van der Waals surface area contributed by atoms with E-state index in [1.807, 2.05) is 30.3 Å². The second-order valence-electron chi connectivity index (χ2n) is 5.93. The first-order chi connectivity index (χ1) is 12.4. The fraction of sp³-hybridized carbons (Fsp3) is 0.222. The van der Waals surface area contributed by atoms with E-state index in [1.54, 1.807) is 29.5 Å². The van der Waals surface area contributed by atoms with E-state index in [4.69, 9.17) is 0 Å².